The predicted molar refractivity (Wildman–Crippen MR) is 118 cm³/mol. The van der Waals surface area contributed by atoms with Crippen LogP contribution in [0, 0.1) is 0 Å². The zero-order valence-electron chi connectivity index (χ0n) is 17.8. The van der Waals surface area contributed by atoms with Crippen molar-refractivity contribution in [3.05, 3.63) is 95.3 Å². The van der Waals surface area contributed by atoms with Crippen molar-refractivity contribution < 1.29 is 28.5 Å². The number of methoxy groups -OCH3 is 2. The van der Waals surface area contributed by atoms with Gasteiger partial charge < -0.3 is 18.9 Å². The van der Waals surface area contributed by atoms with Crippen LogP contribution in [0.5, 0.6) is 11.5 Å². The molecule has 0 N–H and O–H groups in total. The molecule has 0 aliphatic carbocycles. The van der Waals surface area contributed by atoms with Gasteiger partial charge in [-0.05, 0) is 17.2 Å². The molecule has 0 spiro atoms. The molecule has 0 aliphatic heterocycles. The summed E-state index contributed by atoms with van der Waals surface area (Å²) in [6.45, 7) is 0.522. The van der Waals surface area contributed by atoms with Gasteiger partial charge in [-0.15, -0.1) is 0 Å². The minimum Gasteiger partial charge on any atom is -0.487 e. The van der Waals surface area contributed by atoms with Crippen LogP contribution in [0.4, 0.5) is 0 Å². The molecule has 0 aliphatic rings. The van der Waals surface area contributed by atoms with Crippen molar-refractivity contribution in [3.63, 3.8) is 0 Å². The monoisotopic (exact) mass is 433 g/mol. The summed E-state index contributed by atoms with van der Waals surface area (Å²) in [5.41, 5.74) is 1.96. The first-order valence-corrected chi connectivity index (χ1v) is 9.82. The topological polar surface area (TPSA) is 84.0 Å². The highest BCUT2D eigenvalue weighted by atomic mass is 16.5. The number of nitrogens with zero attached hydrogens (tertiary/aromatic N) is 1. The van der Waals surface area contributed by atoms with E-state index in [1.54, 1.807) is 0 Å². The Labute approximate surface area is 186 Å². The van der Waals surface area contributed by atoms with Crippen LogP contribution in [-0.2, 0) is 32.3 Å². The average molecular weight is 433 g/mol. The molecule has 7 heteroatoms. The Balaban J connectivity index is 1.98. The Hall–Kier alpha value is -4.13. The van der Waals surface area contributed by atoms with E-state index in [2.05, 4.69) is 4.98 Å². The van der Waals surface area contributed by atoms with Gasteiger partial charge in [0.15, 0.2) is 0 Å². The van der Waals surface area contributed by atoms with E-state index in [1.165, 1.54) is 32.7 Å². The average Bonchev–Trinajstić information content (AvgIpc) is 2.85. The standard InChI is InChI=1S/C25H23NO6/c1-29-24(27)21(25(28)30-2)13-20-22(31-16-18-9-5-3-6-10-18)14-26-15-23(20)32-17-19-11-7-4-8-12-19/h3-15H,16-17H2,1-2H3. The Kier molecular flexibility index (Phi) is 7.97. The highest BCUT2D eigenvalue weighted by Gasteiger charge is 2.22. The largest absolute Gasteiger partial charge is 0.487 e. The number of hydrogen-bond acceptors (Lipinski definition) is 7. The van der Waals surface area contributed by atoms with Crippen LogP contribution in [0.2, 0.25) is 0 Å². The number of aromatic nitrogens is 1. The molecule has 1 aromatic heterocycles. The fourth-order valence-corrected chi connectivity index (χ4v) is 2.84. The zero-order chi connectivity index (χ0) is 22.8. The quantitative estimate of drug-likeness (QED) is 0.218. The number of ether oxygens (including phenoxy) is 4. The van der Waals surface area contributed by atoms with Crippen molar-refractivity contribution in [2.24, 2.45) is 0 Å². The van der Waals surface area contributed by atoms with Crippen molar-refractivity contribution in [1.29, 1.82) is 0 Å². The van der Waals surface area contributed by atoms with Crippen molar-refractivity contribution in [3.8, 4) is 11.5 Å². The summed E-state index contributed by atoms with van der Waals surface area (Å²) >= 11 is 0. The molecule has 0 bridgehead atoms. The van der Waals surface area contributed by atoms with Crippen LogP contribution < -0.4 is 9.47 Å². The number of rotatable bonds is 9. The molecule has 32 heavy (non-hydrogen) atoms. The minimum absolute atomic E-state index is 0.261. The van der Waals surface area contributed by atoms with E-state index in [1.807, 2.05) is 60.7 Å². The summed E-state index contributed by atoms with van der Waals surface area (Å²) in [5.74, 6) is -0.997. The molecular weight excluding hydrogens is 410 g/mol. The van der Waals surface area contributed by atoms with Crippen molar-refractivity contribution >= 4 is 18.0 Å². The summed E-state index contributed by atoms with van der Waals surface area (Å²) in [6.07, 6.45) is 4.33. The maximum Gasteiger partial charge on any atom is 0.345 e. The molecule has 0 fully saturated rings. The third-order valence-corrected chi connectivity index (χ3v) is 4.49. The molecular formula is C25H23NO6. The van der Waals surface area contributed by atoms with E-state index < -0.39 is 11.9 Å². The lowest BCUT2D eigenvalue weighted by Crippen LogP contribution is -2.16. The number of pyridine rings is 1. The predicted octanol–water partition coefficient (Wildman–Crippen LogP) is 3.97. The Morgan fingerprint density at radius 1 is 0.750 bits per heavy atom. The molecule has 1 heterocycles. The van der Waals surface area contributed by atoms with Gasteiger partial charge in [-0.2, -0.15) is 0 Å². The molecule has 0 saturated carbocycles. The van der Waals surface area contributed by atoms with Gasteiger partial charge >= 0.3 is 11.9 Å². The third kappa shape index (κ3) is 5.95. The Morgan fingerprint density at radius 3 is 1.59 bits per heavy atom. The molecule has 0 unspecified atom stereocenters. The summed E-state index contributed by atoms with van der Waals surface area (Å²) in [7, 11) is 2.37. The van der Waals surface area contributed by atoms with E-state index in [-0.39, 0.29) is 18.8 Å². The molecule has 3 rings (SSSR count). The second kappa shape index (κ2) is 11.3. The van der Waals surface area contributed by atoms with E-state index in [0.29, 0.717) is 17.1 Å². The number of carbonyl (C=O) groups is 2. The SMILES string of the molecule is COC(=O)C(=Cc1c(OCc2ccccc2)cncc1OCc1ccccc1)C(=O)OC. The van der Waals surface area contributed by atoms with Gasteiger partial charge in [-0.1, -0.05) is 60.7 Å². The highest BCUT2D eigenvalue weighted by Crippen LogP contribution is 2.31. The van der Waals surface area contributed by atoms with Crippen LogP contribution in [0.25, 0.3) is 6.08 Å². The normalized spacial score (nSPS) is 10.1. The van der Waals surface area contributed by atoms with Crippen LogP contribution in [0.1, 0.15) is 16.7 Å². The van der Waals surface area contributed by atoms with Crippen molar-refractivity contribution in [1.82, 2.24) is 4.98 Å². The van der Waals surface area contributed by atoms with E-state index in [0.717, 1.165) is 11.1 Å². The molecule has 2 aromatic carbocycles. The third-order valence-electron chi connectivity index (χ3n) is 4.49. The first-order chi connectivity index (χ1) is 15.6. The fourth-order valence-electron chi connectivity index (χ4n) is 2.84. The summed E-state index contributed by atoms with van der Waals surface area (Å²) in [6, 6.07) is 19.1. The molecule has 164 valence electrons. The first-order valence-electron chi connectivity index (χ1n) is 9.82. The molecule has 0 radical (unpaired) electrons. The van der Waals surface area contributed by atoms with Crippen molar-refractivity contribution in [2.45, 2.75) is 13.2 Å². The van der Waals surface area contributed by atoms with Gasteiger partial charge in [0.2, 0.25) is 0 Å². The molecule has 0 atom stereocenters. The van der Waals surface area contributed by atoms with Crippen LogP contribution in [-0.4, -0.2) is 31.1 Å². The van der Waals surface area contributed by atoms with E-state index >= 15 is 0 Å². The van der Waals surface area contributed by atoms with Crippen molar-refractivity contribution in [2.75, 3.05) is 14.2 Å². The minimum atomic E-state index is -0.836. The maximum atomic E-state index is 12.2. The van der Waals surface area contributed by atoms with Gasteiger partial charge in [-0.25, -0.2) is 9.59 Å². The molecule has 0 saturated heterocycles. The van der Waals surface area contributed by atoms with Crippen LogP contribution in [0.3, 0.4) is 0 Å². The number of benzene rings is 2. The molecule has 0 amide bonds. The second-order valence-corrected chi connectivity index (χ2v) is 6.64. The van der Waals surface area contributed by atoms with E-state index in [4.69, 9.17) is 18.9 Å². The lowest BCUT2D eigenvalue weighted by atomic mass is 10.1. The fraction of sp³-hybridized carbons (Fsp3) is 0.160. The Morgan fingerprint density at radius 2 is 1.19 bits per heavy atom. The van der Waals surface area contributed by atoms with Gasteiger partial charge in [-0.3, -0.25) is 4.98 Å². The van der Waals surface area contributed by atoms with Gasteiger partial charge in [0.05, 0.1) is 32.2 Å². The van der Waals surface area contributed by atoms with Gasteiger partial charge in [0.25, 0.3) is 0 Å². The summed E-state index contributed by atoms with van der Waals surface area (Å²) in [5, 5.41) is 0. The Bertz CT molecular complexity index is 1000. The maximum absolute atomic E-state index is 12.2. The summed E-state index contributed by atoms with van der Waals surface area (Å²) in [4.78, 5) is 28.6. The van der Waals surface area contributed by atoms with Gasteiger partial charge in [0, 0.05) is 0 Å². The molecule has 7 nitrogen and oxygen atoms in total. The van der Waals surface area contributed by atoms with Crippen LogP contribution in [0.15, 0.2) is 78.6 Å². The zero-order valence-corrected chi connectivity index (χ0v) is 17.8. The van der Waals surface area contributed by atoms with E-state index in [9.17, 15) is 9.59 Å². The first kappa shape index (κ1) is 22.6. The van der Waals surface area contributed by atoms with Crippen LogP contribution >= 0.6 is 0 Å². The molecule has 3 aromatic rings. The second-order valence-electron chi connectivity index (χ2n) is 6.64. The number of hydrogen-bond donors (Lipinski definition) is 0. The smallest absolute Gasteiger partial charge is 0.345 e. The lowest BCUT2D eigenvalue weighted by Gasteiger charge is -2.15. The van der Waals surface area contributed by atoms with Gasteiger partial charge in [0.1, 0.15) is 30.3 Å². The number of esters is 2. The number of carbonyl (C=O) groups excluding carboxylic acids is 2. The highest BCUT2D eigenvalue weighted by molar-refractivity contribution is 6.18. The lowest BCUT2D eigenvalue weighted by molar-refractivity contribution is -0.143. The summed E-state index contributed by atoms with van der Waals surface area (Å²) < 4.78 is 21.4.